The van der Waals surface area contributed by atoms with Crippen molar-refractivity contribution in [2.45, 2.75) is 30.6 Å². The Hall–Kier alpha value is -5.32. The predicted octanol–water partition coefficient (Wildman–Crippen LogP) is 4.20. The fourth-order valence-corrected chi connectivity index (χ4v) is 4.55. The zero-order chi connectivity index (χ0) is 30.9. The number of benzene rings is 4. The van der Waals surface area contributed by atoms with Crippen molar-refractivity contribution in [1.29, 1.82) is 0 Å². The normalized spacial score (nSPS) is 21.0. The Morgan fingerprint density at radius 1 is 0.523 bits per heavy atom. The average molecular weight is 596 g/mol. The number of carbonyl (C=O) groups excluding carboxylic acids is 4. The minimum atomic E-state index is -1.47. The predicted molar refractivity (Wildman–Crippen MR) is 157 cm³/mol. The quantitative estimate of drug-likeness (QED) is 0.221. The second-order valence-electron chi connectivity index (χ2n) is 9.83. The third-order valence-electron chi connectivity index (χ3n) is 6.82. The monoisotopic (exact) mass is 595 g/mol. The molecule has 0 amide bonds. The van der Waals surface area contributed by atoms with Crippen LogP contribution in [-0.2, 0) is 23.7 Å². The Morgan fingerprint density at radius 3 is 1.32 bits per heavy atom. The Morgan fingerprint density at radius 2 is 0.886 bits per heavy atom. The minimum absolute atomic E-state index is 0.212. The van der Waals surface area contributed by atoms with E-state index in [9.17, 15) is 19.2 Å². The molecule has 1 aliphatic heterocycles. The third-order valence-corrected chi connectivity index (χ3v) is 6.82. The van der Waals surface area contributed by atoms with Crippen LogP contribution in [0.2, 0.25) is 0 Å². The first-order valence-electron chi connectivity index (χ1n) is 13.8. The van der Waals surface area contributed by atoms with E-state index in [1.54, 1.807) is 121 Å². The van der Waals surface area contributed by atoms with Crippen LogP contribution in [0.3, 0.4) is 0 Å². The molecule has 44 heavy (non-hydrogen) atoms. The molecular formula is C34H29NO9. The smallest absolute Gasteiger partial charge is 0.340 e. The van der Waals surface area contributed by atoms with Crippen molar-refractivity contribution in [2.24, 2.45) is 5.73 Å². The van der Waals surface area contributed by atoms with Crippen molar-refractivity contribution < 1.29 is 42.9 Å². The van der Waals surface area contributed by atoms with Crippen LogP contribution < -0.4 is 5.73 Å². The van der Waals surface area contributed by atoms with Gasteiger partial charge in [0, 0.05) is 0 Å². The van der Waals surface area contributed by atoms with E-state index in [-0.39, 0.29) is 22.3 Å². The summed E-state index contributed by atoms with van der Waals surface area (Å²) in [4.78, 5) is 52.2. The zero-order valence-electron chi connectivity index (χ0n) is 23.4. The van der Waals surface area contributed by atoms with E-state index in [2.05, 4.69) is 0 Å². The van der Waals surface area contributed by atoms with E-state index in [4.69, 9.17) is 29.4 Å². The highest BCUT2D eigenvalue weighted by atomic mass is 16.7. The van der Waals surface area contributed by atoms with Crippen molar-refractivity contribution in [3.63, 3.8) is 0 Å². The van der Waals surface area contributed by atoms with Gasteiger partial charge in [0.05, 0.1) is 22.3 Å². The second kappa shape index (κ2) is 14.2. The van der Waals surface area contributed by atoms with Crippen molar-refractivity contribution in [3.05, 3.63) is 144 Å². The Labute approximate surface area is 253 Å². The van der Waals surface area contributed by atoms with Crippen molar-refractivity contribution in [3.8, 4) is 0 Å². The van der Waals surface area contributed by atoms with E-state index in [0.29, 0.717) is 0 Å². The lowest BCUT2D eigenvalue weighted by atomic mass is 9.96. The van der Waals surface area contributed by atoms with Gasteiger partial charge in [0.2, 0.25) is 6.29 Å². The summed E-state index contributed by atoms with van der Waals surface area (Å²) < 4.78 is 28.8. The first-order valence-corrected chi connectivity index (χ1v) is 13.8. The van der Waals surface area contributed by atoms with Crippen LogP contribution in [-0.4, -0.2) is 61.1 Å². The zero-order valence-corrected chi connectivity index (χ0v) is 23.4. The van der Waals surface area contributed by atoms with Gasteiger partial charge >= 0.3 is 23.9 Å². The topological polar surface area (TPSA) is 140 Å². The molecule has 0 aliphatic carbocycles. The number of carbonyl (C=O) groups is 4. The number of esters is 4. The Bertz CT molecular complexity index is 1510. The van der Waals surface area contributed by atoms with Crippen LogP contribution >= 0.6 is 0 Å². The molecule has 1 unspecified atom stereocenters. The molecule has 0 spiro atoms. The molecule has 0 aromatic heterocycles. The number of hydrogen-bond acceptors (Lipinski definition) is 10. The largest absolute Gasteiger partial charge is 0.459 e. The molecule has 1 saturated heterocycles. The summed E-state index contributed by atoms with van der Waals surface area (Å²) in [6.45, 7) is -0.452. The molecule has 5 rings (SSSR count). The molecule has 2 N–H and O–H groups in total. The standard InChI is InChI=1S/C34H29NO9/c35-27-29(43-32(38)24-17-9-3-10-18-24)28(42-31(37)23-15-7-2-8-16-23)26(21-40-30(36)22-13-5-1-6-14-22)41-34(27)44-33(39)25-19-11-4-12-20-25/h1-20,26-29,34H,21,35H2/t26-,27-,28-,29-,34?/m1/s1. The van der Waals surface area contributed by atoms with E-state index in [1.165, 1.54) is 0 Å². The molecule has 10 nitrogen and oxygen atoms in total. The average Bonchev–Trinajstić information content (AvgIpc) is 3.08. The maximum absolute atomic E-state index is 13.2. The summed E-state index contributed by atoms with van der Waals surface area (Å²) in [7, 11) is 0. The van der Waals surface area contributed by atoms with Gasteiger partial charge < -0.3 is 29.4 Å². The minimum Gasteiger partial charge on any atom is -0.459 e. The highest BCUT2D eigenvalue weighted by molar-refractivity contribution is 5.91. The van der Waals surface area contributed by atoms with E-state index < -0.39 is 61.1 Å². The van der Waals surface area contributed by atoms with Crippen LogP contribution in [0.15, 0.2) is 121 Å². The van der Waals surface area contributed by atoms with Gasteiger partial charge in [-0.2, -0.15) is 0 Å². The highest BCUT2D eigenvalue weighted by Crippen LogP contribution is 2.29. The van der Waals surface area contributed by atoms with Gasteiger partial charge in [-0.3, -0.25) is 0 Å². The van der Waals surface area contributed by atoms with Crippen molar-refractivity contribution >= 4 is 23.9 Å². The third kappa shape index (κ3) is 7.35. The number of nitrogens with two attached hydrogens (primary N) is 1. The number of rotatable bonds is 9. The summed E-state index contributed by atoms with van der Waals surface area (Å²) in [5.41, 5.74) is 7.44. The molecule has 4 aromatic rings. The maximum Gasteiger partial charge on any atom is 0.340 e. The van der Waals surface area contributed by atoms with Crippen molar-refractivity contribution in [1.82, 2.24) is 0 Å². The van der Waals surface area contributed by atoms with Crippen LogP contribution in [0.25, 0.3) is 0 Å². The van der Waals surface area contributed by atoms with Gasteiger partial charge in [0.1, 0.15) is 18.8 Å². The first kappa shape index (κ1) is 30.1. The lowest BCUT2D eigenvalue weighted by molar-refractivity contribution is -0.247. The fourth-order valence-electron chi connectivity index (χ4n) is 4.55. The Balaban J connectivity index is 1.46. The molecular weight excluding hydrogens is 566 g/mol. The molecule has 224 valence electrons. The summed E-state index contributed by atoms with van der Waals surface area (Å²) >= 11 is 0. The molecule has 1 heterocycles. The van der Waals surface area contributed by atoms with Crippen LogP contribution in [0.4, 0.5) is 0 Å². The molecule has 10 heteroatoms. The van der Waals surface area contributed by atoms with E-state index in [1.807, 2.05) is 0 Å². The molecule has 5 atom stereocenters. The van der Waals surface area contributed by atoms with E-state index >= 15 is 0 Å². The lowest BCUT2D eigenvalue weighted by Gasteiger charge is -2.43. The fraction of sp³-hybridized carbons (Fsp3) is 0.176. The molecule has 1 fully saturated rings. The summed E-state index contributed by atoms with van der Waals surface area (Å²) in [6, 6.07) is 31.4. The molecule has 4 aromatic carbocycles. The van der Waals surface area contributed by atoms with Gasteiger partial charge in [-0.1, -0.05) is 72.8 Å². The second-order valence-corrected chi connectivity index (χ2v) is 9.83. The summed E-state index contributed by atoms with van der Waals surface area (Å²) in [6.07, 6.45) is -5.46. The van der Waals surface area contributed by atoms with Crippen LogP contribution in [0, 0.1) is 0 Å². The van der Waals surface area contributed by atoms with Gasteiger partial charge in [0.15, 0.2) is 12.2 Å². The SMILES string of the molecule is N[C@H]1C(OC(=O)c2ccccc2)O[C@H](COC(=O)c2ccccc2)[C@@H](OC(=O)c2ccccc2)[C@@H]1OC(=O)c1ccccc1. The molecule has 0 radical (unpaired) electrons. The van der Waals surface area contributed by atoms with Gasteiger partial charge in [-0.15, -0.1) is 0 Å². The number of ether oxygens (including phenoxy) is 5. The van der Waals surface area contributed by atoms with Gasteiger partial charge in [-0.25, -0.2) is 19.2 Å². The molecule has 0 bridgehead atoms. The van der Waals surface area contributed by atoms with Gasteiger partial charge in [0.25, 0.3) is 0 Å². The first-order chi connectivity index (χ1) is 21.4. The van der Waals surface area contributed by atoms with E-state index in [0.717, 1.165) is 0 Å². The summed E-state index contributed by atoms with van der Waals surface area (Å²) in [5.74, 6) is -2.94. The van der Waals surface area contributed by atoms with Crippen molar-refractivity contribution in [2.75, 3.05) is 6.61 Å². The van der Waals surface area contributed by atoms with Crippen LogP contribution in [0.5, 0.6) is 0 Å². The molecule has 1 aliphatic rings. The molecule has 0 saturated carbocycles. The lowest BCUT2D eigenvalue weighted by Crippen LogP contribution is -2.65. The van der Waals surface area contributed by atoms with Gasteiger partial charge in [-0.05, 0) is 48.5 Å². The maximum atomic E-state index is 13.2. The number of hydrogen-bond donors (Lipinski definition) is 1. The highest BCUT2D eigenvalue weighted by Gasteiger charge is 2.51. The van der Waals surface area contributed by atoms with Crippen LogP contribution in [0.1, 0.15) is 41.4 Å². The Kier molecular flexibility index (Phi) is 9.75. The summed E-state index contributed by atoms with van der Waals surface area (Å²) in [5, 5.41) is 0.